The molecule has 168 valence electrons. The Balaban J connectivity index is 2.15. The van der Waals surface area contributed by atoms with Gasteiger partial charge in [-0.15, -0.1) is 0 Å². The van der Waals surface area contributed by atoms with Gasteiger partial charge in [0.1, 0.15) is 18.2 Å². The quantitative estimate of drug-likeness (QED) is 0.458. The standard InChI is InChI=1S/C18H23N5O8/c1-5-22-11-6-20-17(19)21-15(11)23(18(22)27)16-14(30-10(4)26)13(29-9(3)25)12(31-16)7-28-8(2)24/h6,12-14,16H,5,7H2,1-4H3,(H2,19,20,21)/t12-,13+,14-,16-/m1/s1. The van der Waals surface area contributed by atoms with Crippen LogP contribution < -0.4 is 11.4 Å². The van der Waals surface area contributed by atoms with E-state index in [0.717, 1.165) is 4.57 Å². The molecule has 2 aromatic heterocycles. The van der Waals surface area contributed by atoms with E-state index < -0.39 is 48.1 Å². The third-order valence-electron chi connectivity index (χ3n) is 4.64. The predicted octanol–water partition coefficient (Wildman–Crippen LogP) is -0.481. The fraction of sp³-hybridized carbons (Fsp3) is 0.556. The van der Waals surface area contributed by atoms with Crippen LogP contribution in [0.15, 0.2) is 11.0 Å². The zero-order valence-corrected chi connectivity index (χ0v) is 17.4. The molecule has 0 radical (unpaired) electrons. The number of carbonyl (C=O) groups excluding carboxylic acids is 3. The molecule has 0 aliphatic carbocycles. The Bertz CT molecular complexity index is 1080. The number of nitrogen functional groups attached to an aromatic ring is 1. The lowest BCUT2D eigenvalue weighted by atomic mass is 10.1. The van der Waals surface area contributed by atoms with Crippen molar-refractivity contribution < 1.29 is 33.3 Å². The third kappa shape index (κ3) is 4.35. The van der Waals surface area contributed by atoms with Crippen molar-refractivity contribution in [3.8, 4) is 0 Å². The summed E-state index contributed by atoms with van der Waals surface area (Å²) in [5, 5.41) is 0. The van der Waals surface area contributed by atoms with E-state index in [1.807, 2.05) is 0 Å². The van der Waals surface area contributed by atoms with E-state index in [-0.39, 0.29) is 18.2 Å². The summed E-state index contributed by atoms with van der Waals surface area (Å²) in [7, 11) is 0. The summed E-state index contributed by atoms with van der Waals surface area (Å²) in [6.07, 6.45) is -3.20. The van der Waals surface area contributed by atoms with Crippen LogP contribution in [0.25, 0.3) is 11.2 Å². The average Bonchev–Trinajstić information content (AvgIpc) is 3.12. The van der Waals surface area contributed by atoms with E-state index >= 15 is 0 Å². The van der Waals surface area contributed by atoms with Gasteiger partial charge in [0.2, 0.25) is 5.95 Å². The van der Waals surface area contributed by atoms with Crippen molar-refractivity contribution in [3.05, 3.63) is 16.7 Å². The number of nitrogens with two attached hydrogens (primary N) is 1. The van der Waals surface area contributed by atoms with Crippen LogP contribution in [0.2, 0.25) is 0 Å². The Labute approximate surface area is 176 Å². The van der Waals surface area contributed by atoms with E-state index in [2.05, 4.69) is 9.97 Å². The van der Waals surface area contributed by atoms with Crippen molar-refractivity contribution in [2.45, 2.75) is 58.8 Å². The number of imidazole rings is 1. The fourth-order valence-corrected chi connectivity index (χ4v) is 3.51. The number of carbonyl (C=O) groups is 3. The van der Waals surface area contributed by atoms with Crippen molar-refractivity contribution >= 4 is 35.0 Å². The molecule has 4 atom stereocenters. The molecule has 13 nitrogen and oxygen atoms in total. The molecule has 2 N–H and O–H groups in total. The van der Waals surface area contributed by atoms with Crippen molar-refractivity contribution in [2.24, 2.45) is 0 Å². The maximum atomic E-state index is 13.2. The molecule has 0 bridgehead atoms. The molecule has 3 rings (SSSR count). The van der Waals surface area contributed by atoms with Crippen molar-refractivity contribution in [3.63, 3.8) is 0 Å². The highest BCUT2D eigenvalue weighted by Gasteiger charge is 2.51. The molecule has 0 unspecified atom stereocenters. The summed E-state index contributed by atoms with van der Waals surface area (Å²) in [5.74, 6) is -2.03. The van der Waals surface area contributed by atoms with E-state index in [1.165, 1.54) is 31.5 Å². The topological polar surface area (TPSA) is 167 Å². The largest absolute Gasteiger partial charge is 0.463 e. The van der Waals surface area contributed by atoms with Crippen LogP contribution in [0, 0.1) is 0 Å². The molecule has 0 aromatic carbocycles. The molecule has 1 aliphatic rings. The van der Waals surface area contributed by atoms with Crippen LogP contribution in [0.4, 0.5) is 5.95 Å². The summed E-state index contributed by atoms with van der Waals surface area (Å²) >= 11 is 0. The number of aryl methyl sites for hydroxylation is 1. The Morgan fingerprint density at radius 1 is 1.13 bits per heavy atom. The highest BCUT2D eigenvalue weighted by atomic mass is 16.7. The zero-order chi connectivity index (χ0) is 22.9. The number of hydrogen-bond donors (Lipinski definition) is 1. The molecule has 31 heavy (non-hydrogen) atoms. The van der Waals surface area contributed by atoms with Crippen LogP contribution in [0.3, 0.4) is 0 Å². The molecular weight excluding hydrogens is 414 g/mol. The summed E-state index contributed by atoms with van der Waals surface area (Å²) < 4.78 is 24.2. The van der Waals surface area contributed by atoms with Crippen LogP contribution >= 0.6 is 0 Å². The van der Waals surface area contributed by atoms with Gasteiger partial charge in [0.05, 0.1) is 6.20 Å². The van der Waals surface area contributed by atoms with Gasteiger partial charge < -0.3 is 24.7 Å². The molecular formula is C18H23N5O8. The number of anilines is 1. The van der Waals surface area contributed by atoms with Gasteiger partial charge in [-0.05, 0) is 6.92 Å². The number of esters is 3. The molecule has 0 amide bonds. The average molecular weight is 437 g/mol. The van der Waals surface area contributed by atoms with E-state index in [4.69, 9.17) is 24.7 Å². The van der Waals surface area contributed by atoms with Gasteiger partial charge in [-0.3, -0.25) is 19.0 Å². The summed E-state index contributed by atoms with van der Waals surface area (Å²) in [6, 6.07) is 0. The van der Waals surface area contributed by atoms with E-state index in [0.29, 0.717) is 12.1 Å². The predicted molar refractivity (Wildman–Crippen MR) is 104 cm³/mol. The second-order valence-corrected chi connectivity index (χ2v) is 6.85. The molecule has 1 aliphatic heterocycles. The first-order chi connectivity index (χ1) is 14.6. The second-order valence-electron chi connectivity index (χ2n) is 6.85. The number of nitrogens with zero attached hydrogens (tertiary/aromatic N) is 4. The number of hydrogen-bond acceptors (Lipinski definition) is 11. The second kappa shape index (κ2) is 8.71. The number of fused-ring (bicyclic) bond motifs is 1. The van der Waals surface area contributed by atoms with Gasteiger partial charge in [0.25, 0.3) is 0 Å². The molecule has 0 saturated carbocycles. The maximum absolute atomic E-state index is 13.2. The smallest absolute Gasteiger partial charge is 0.332 e. The third-order valence-corrected chi connectivity index (χ3v) is 4.64. The van der Waals surface area contributed by atoms with Gasteiger partial charge in [-0.25, -0.2) is 14.3 Å². The van der Waals surface area contributed by atoms with Crippen molar-refractivity contribution in [1.29, 1.82) is 0 Å². The molecule has 2 aromatic rings. The Kier molecular flexibility index (Phi) is 6.24. The normalized spacial score (nSPS) is 23.0. The minimum Gasteiger partial charge on any atom is -0.463 e. The summed E-state index contributed by atoms with van der Waals surface area (Å²) in [5.41, 5.74) is 5.73. The van der Waals surface area contributed by atoms with Crippen molar-refractivity contribution in [2.75, 3.05) is 12.3 Å². The highest BCUT2D eigenvalue weighted by Crippen LogP contribution is 2.35. The zero-order valence-electron chi connectivity index (χ0n) is 17.4. The van der Waals surface area contributed by atoms with Gasteiger partial charge in [0, 0.05) is 27.3 Å². The van der Waals surface area contributed by atoms with Crippen LogP contribution in [0.5, 0.6) is 0 Å². The van der Waals surface area contributed by atoms with Gasteiger partial charge in [0.15, 0.2) is 24.1 Å². The molecule has 0 spiro atoms. The first-order valence-corrected chi connectivity index (χ1v) is 9.50. The summed E-state index contributed by atoms with van der Waals surface area (Å²) in [4.78, 5) is 56.0. The number of rotatable bonds is 6. The Morgan fingerprint density at radius 2 is 1.77 bits per heavy atom. The minimum absolute atomic E-state index is 0.0791. The van der Waals surface area contributed by atoms with Gasteiger partial charge in [-0.1, -0.05) is 0 Å². The molecule has 13 heteroatoms. The SMILES string of the molecule is CCn1c(=O)n([C@@H]2O[C@H](COC(C)=O)[C@H](OC(C)=O)[C@H]2OC(C)=O)c2nc(N)ncc21. The lowest BCUT2D eigenvalue weighted by Gasteiger charge is -2.23. The minimum atomic E-state index is -1.23. The maximum Gasteiger partial charge on any atom is 0.332 e. The first kappa shape index (κ1) is 22.2. The van der Waals surface area contributed by atoms with Crippen LogP contribution in [0.1, 0.15) is 33.9 Å². The monoisotopic (exact) mass is 437 g/mol. The van der Waals surface area contributed by atoms with Crippen molar-refractivity contribution in [1.82, 2.24) is 19.1 Å². The lowest BCUT2D eigenvalue weighted by molar-refractivity contribution is -0.166. The van der Waals surface area contributed by atoms with E-state index in [9.17, 15) is 19.2 Å². The first-order valence-electron chi connectivity index (χ1n) is 9.50. The van der Waals surface area contributed by atoms with Gasteiger partial charge >= 0.3 is 23.6 Å². The number of aromatic nitrogens is 4. The lowest BCUT2D eigenvalue weighted by Crippen LogP contribution is -2.41. The Morgan fingerprint density at radius 3 is 2.35 bits per heavy atom. The van der Waals surface area contributed by atoms with Gasteiger partial charge in [-0.2, -0.15) is 4.98 Å². The molecule has 1 fully saturated rings. The fourth-order valence-electron chi connectivity index (χ4n) is 3.51. The van der Waals surface area contributed by atoms with Crippen LogP contribution in [-0.2, 0) is 39.9 Å². The number of ether oxygens (including phenoxy) is 4. The molecule has 3 heterocycles. The highest BCUT2D eigenvalue weighted by molar-refractivity contribution is 5.72. The Hall–Kier alpha value is -3.48. The van der Waals surface area contributed by atoms with E-state index in [1.54, 1.807) is 6.92 Å². The van der Waals surface area contributed by atoms with Crippen LogP contribution in [-0.4, -0.2) is 61.9 Å². The molecule has 1 saturated heterocycles. The summed E-state index contributed by atoms with van der Waals surface area (Å²) in [6.45, 7) is 5.30.